The number of aromatic amines is 1. The molecule has 2 aromatic rings. The first-order valence-corrected chi connectivity index (χ1v) is 6.03. The van der Waals surface area contributed by atoms with Gasteiger partial charge in [0.2, 0.25) is 6.33 Å². The lowest BCUT2D eigenvalue weighted by molar-refractivity contribution is -0.697. The van der Waals surface area contributed by atoms with E-state index in [2.05, 4.69) is 52.5 Å². The molecule has 2 unspecified atom stereocenters. The number of fused-ring (bicyclic) bond motifs is 1. The molecule has 1 heterocycles. The van der Waals surface area contributed by atoms with E-state index in [1.165, 1.54) is 30.3 Å². The minimum atomic E-state index is 0.647. The van der Waals surface area contributed by atoms with Crippen LogP contribution in [-0.4, -0.2) is 18.1 Å². The standard InChI is InChI=1S/C13H17N3/c1-14-10-6-7-11(8-10)16-9-15-12-4-2-3-5-13(12)16/h2-5,9-11,14H,6-8H2,1H3/p+1. The summed E-state index contributed by atoms with van der Waals surface area (Å²) in [5, 5.41) is 3.38. The Morgan fingerprint density at radius 1 is 1.31 bits per heavy atom. The number of para-hydroxylation sites is 2. The minimum Gasteiger partial charge on any atom is -0.317 e. The molecule has 1 aromatic carbocycles. The van der Waals surface area contributed by atoms with Crippen LogP contribution >= 0.6 is 0 Å². The van der Waals surface area contributed by atoms with E-state index >= 15 is 0 Å². The quantitative estimate of drug-likeness (QED) is 0.737. The largest absolute Gasteiger partial charge is 0.317 e. The minimum absolute atomic E-state index is 0.647. The Balaban J connectivity index is 1.95. The molecule has 1 aliphatic carbocycles. The summed E-state index contributed by atoms with van der Waals surface area (Å²) < 4.78 is 2.40. The van der Waals surface area contributed by atoms with Gasteiger partial charge >= 0.3 is 0 Å². The summed E-state index contributed by atoms with van der Waals surface area (Å²) in [5.41, 5.74) is 2.56. The van der Waals surface area contributed by atoms with E-state index in [1.54, 1.807) is 0 Å². The van der Waals surface area contributed by atoms with Crippen molar-refractivity contribution in [3.63, 3.8) is 0 Å². The molecule has 0 radical (unpaired) electrons. The van der Waals surface area contributed by atoms with Crippen LogP contribution in [0.4, 0.5) is 0 Å². The van der Waals surface area contributed by atoms with Crippen LogP contribution in [-0.2, 0) is 0 Å². The number of H-pyrrole nitrogens is 1. The molecular formula is C13H18N3+. The summed E-state index contributed by atoms with van der Waals surface area (Å²) in [6, 6.07) is 9.85. The second-order valence-corrected chi connectivity index (χ2v) is 4.65. The van der Waals surface area contributed by atoms with Gasteiger partial charge in [-0.3, -0.25) is 0 Å². The fourth-order valence-electron chi connectivity index (χ4n) is 2.80. The van der Waals surface area contributed by atoms with Crippen molar-refractivity contribution >= 4 is 11.0 Å². The molecule has 3 rings (SSSR count). The van der Waals surface area contributed by atoms with Gasteiger partial charge < -0.3 is 5.32 Å². The summed E-state index contributed by atoms with van der Waals surface area (Å²) in [6.45, 7) is 0. The molecule has 0 bridgehead atoms. The predicted molar refractivity (Wildman–Crippen MR) is 64.2 cm³/mol. The average molecular weight is 216 g/mol. The third-order valence-corrected chi connectivity index (χ3v) is 3.75. The summed E-state index contributed by atoms with van der Waals surface area (Å²) in [7, 11) is 2.06. The van der Waals surface area contributed by atoms with Crippen molar-refractivity contribution in [2.45, 2.75) is 31.3 Å². The third-order valence-electron chi connectivity index (χ3n) is 3.75. The summed E-state index contributed by atoms with van der Waals surface area (Å²) in [4.78, 5) is 3.34. The maximum atomic E-state index is 3.38. The van der Waals surface area contributed by atoms with Crippen LogP contribution in [0.2, 0.25) is 0 Å². The fourth-order valence-corrected chi connectivity index (χ4v) is 2.80. The average Bonchev–Trinajstić information content (AvgIpc) is 2.94. The lowest BCUT2D eigenvalue weighted by Gasteiger charge is -2.08. The SMILES string of the molecule is CNC1CCC([n+]2c[nH]c3ccccc32)C1. The van der Waals surface area contributed by atoms with Gasteiger partial charge in [0.25, 0.3) is 0 Å². The molecule has 1 aliphatic rings. The normalized spacial score (nSPS) is 25.3. The van der Waals surface area contributed by atoms with Crippen LogP contribution in [0, 0.1) is 0 Å². The highest BCUT2D eigenvalue weighted by atomic mass is 15.1. The zero-order chi connectivity index (χ0) is 11.0. The molecular weight excluding hydrogens is 198 g/mol. The van der Waals surface area contributed by atoms with E-state index in [9.17, 15) is 0 Å². The Kier molecular flexibility index (Phi) is 2.40. The Morgan fingerprint density at radius 2 is 2.19 bits per heavy atom. The number of nitrogens with zero attached hydrogens (tertiary/aromatic N) is 1. The van der Waals surface area contributed by atoms with E-state index in [0.717, 1.165) is 0 Å². The molecule has 3 nitrogen and oxygen atoms in total. The number of hydrogen-bond acceptors (Lipinski definition) is 1. The van der Waals surface area contributed by atoms with Crippen LogP contribution in [0.3, 0.4) is 0 Å². The van der Waals surface area contributed by atoms with Gasteiger partial charge in [0.15, 0.2) is 11.0 Å². The van der Waals surface area contributed by atoms with E-state index in [-0.39, 0.29) is 0 Å². The van der Waals surface area contributed by atoms with E-state index < -0.39 is 0 Å². The molecule has 1 saturated carbocycles. The van der Waals surface area contributed by atoms with Gasteiger partial charge in [-0.1, -0.05) is 12.1 Å². The zero-order valence-corrected chi connectivity index (χ0v) is 9.61. The molecule has 84 valence electrons. The number of nitrogens with one attached hydrogen (secondary N) is 2. The number of benzene rings is 1. The molecule has 0 amide bonds. The number of imidazole rings is 1. The highest BCUT2D eigenvalue weighted by Crippen LogP contribution is 2.26. The second-order valence-electron chi connectivity index (χ2n) is 4.65. The Bertz CT molecular complexity index is 489. The Morgan fingerprint density at radius 3 is 3.00 bits per heavy atom. The van der Waals surface area contributed by atoms with Gasteiger partial charge in [0, 0.05) is 12.5 Å². The van der Waals surface area contributed by atoms with Crippen LogP contribution < -0.4 is 9.88 Å². The first-order valence-electron chi connectivity index (χ1n) is 6.03. The Hall–Kier alpha value is -1.35. The predicted octanol–water partition coefficient (Wildman–Crippen LogP) is 1.77. The van der Waals surface area contributed by atoms with Crippen molar-refractivity contribution in [3.05, 3.63) is 30.6 Å². The van der Waals surface area contributed by atoms with E-state index in [1.807, 2.05) is 0 Å². The van der Waals surface area contributed by atoms with Gasteiger partial charge in [-0.15, -0.1) is 0 Å². The first kappa shape index (κ1) is 9.85. The van der Waals surface area contributed by atoms with Crippen molar-refractivity contribution in [1.29, 1.82) is 0 Å². The van der Waals surface area contributed by atoms with Crippen molar-refractivity contribution in [1.82, 2.24) is 10.3 Å². The summed E-state index contributed by atoms with van der Waals surface area (Å²) >= 11 is 0. The molecule has 0 spiro atoms. The van der Waals surface area contributed by atoms with Crippen molar-refractivity contribution in [2.24, 2.45) is 0 Å². The van der Waals surface area contributed by atoms with Crippen molar-refractivity contribution < 1.29 is 4.57 Å². The highest BCUT2D eigenvalue weighted by molar-refractivity contribution is 5.70. The Labute approximate surface area is 95.5 Å². The molecule has 16 heavy (non-hydrogen) atoms. The summed E-state index contributed by atoms with van der Waals surface area (Å²) in [5.74, 6) is 0. The lowest BCUT2D eigenvalue weighted by Crippen LogP contribution is -2.37. The molecule has 1 aromatic heterocycles. The van der Waals surface area contributed by atoms with Gasteiger partial charge in [-0.2, -0.15) is 0 Å². The molecule has 2 N–H and O–H groups in total. The molecule has 0 aliphatic heterocycles. The fraction of sp³-hybridized carbons (Fsp3) is 0.462. The first-order chi connectivity index (χ1) is 7.88. The maximum absolute atomic E-state index is 3.38. The van der Waals surface area contributed by atoms with Gasteiger partial charge in [0.05, 0.1) is 0 Å². The van der Waals surface area contributed by atoms with Crippen LogP contribution in [0.1, 0.15) is 25.3 Å². The van der Waals surface area contributed by atoms with E-state index in [0.29, 0.717) is 12.1 Å². The molecule has 0 saturated heterocycles. The van der Waals surface area contributed by atoms with Gasteiger partial charge in [-0.25, -0.2) is 9.55 Å². The van der Waals surface area contributed by atoms with Crippen molar-refractivity contribution in [3.8, 4) is 0 Å². The van der Waals surface area contributed by atoms with E-state index in [4.69, 9.17) is 0 Å². The third kappa shape index (κ3) is 1.52. The highest BCUT2D eigenvalue weighted by Gasteiger charge is 2.29. The summed E-state index contributed by atoms with van der Waals surface area (Å²) in [6.07, 6.45) is 5.92. The number of hydrogen-bond donors (Lipinski definition) is 2. The van der Waals surface area contributed by atoms with Gasteiger partial charge in [0.1, 0.15) is 6.04 Å². The zero-order valence-electron chi connectivity index (χ0n) is 9.61. The lowest BCUT2D eigenvalue weighted by atomic mass is 10.2. The van der Waals surface area contributed by atoms with Crippen LogP contribution in [0.15, 0.2) is 30.6 Å². The van der Waals surface area contributed by atoms with Crippen LogP contribution in [0.5, 0.6) is 0 Å². The second kappa shape index (κ2) is 3.91. The van der Waals surface area contributed by atoms with Crippen LogP contribution in [0.25, 0.3) is 11.0 Å². The van der Waals surface area contributed by atoms with Gasteiger partial charge in [-0.05, 0) is 32.0 Å². The molecule has 2 atom stereocenters. The number of rotatable bonds is 2. The maximum Gasteiger partial charge on any atom is 0.242 e. The topological polar surface area (TPSA) is 31.7 Å². The van der Waals surface area contributed by atoms with Crippen molar-refractivity contribution in [2.75, 3.05) is 7.05 Å². The molecule has 3 heteroatoms. The smallest absolute Gasteiger partial charge is 0.242 e. The monoisotopic (exact) mass is 216 g/mol. The molecule has 1 fully saturated rings. The number of aromatic nitrogens is 2.